The Labute approximate surface area is 163 Å². The van der Waals surface area contributed by atoms with Crippen LogP contribution >= 0.6 is 0 Å². The highest BCUT2D eigenvalue weighted by Gasteiger charge is 2.31. The zero-order valence-corrected chi connectivity index (χ0v) is 16.1. The Morgan fingerprint density at radius 3 is 2.04 bits per heavy atom. The van der Waals surface area contributed by atoms with Crippen LogP contribution in [-0.2, 0) is 4.79 Å². The van der Waals surface area contributed by atoms with Gasteiger partial charge in [0.25, 0.3) is 5.91 Å². The third-order valence-electron chi connectivity index (χ3n) is 5.14. The maximum Gasteiger partial charge on any atom is 0.254 e. The van der Waals surface area contributed by atoms with Crippen LogP contribution in [-0.4, -0.2) is 47.8 Å². The van der Waals surface area contributed by atoms with Gasteiger partial charge in [0.2, 0.25) is 5.91 Å². The van der Waals surface area contributed by atoms with Crippen molar-refractivity contribution in [3.8, 4) is 0 Å². The molecule has 0 radical (unpaired) electrons. The van der Waals surface area contributed by atoms with E-state index in [1.807, 2.05) is 44.2 Å². The summed E-state index contributed by atoms with van der Waals surface area (Å²) in [6.45, 7) is 5.62. The van der Waals surface area contributed by atoms with E-state index in [-0.39, 0.29) is 29.2 Å². The molecule has 1 saturated heterocycles. The lowest BCUT2D eigenvalue weighted by molar-refractivity contribution is -0.135. The van der Waals surface area contributed by atoms with Crippen molar-refractivity contribution in [3.63, 3.8) is 0 Å². The van der Waals surface area contributed by atoms with Gasteiger partial charge in [0.15, 0.2) is 11.6 Å². The van der Waals surface area contributed by atoms with Gasteiger partial charge in [-0.1, -0.05) is 44.2 Å². The quantitative estimate of drug-likeness (QED) is 0.804. The highest BCUT2D eigenvalue weighted by Crippen LogP contribution is 2.27. The number of carbonyl (C=O) groups excluding carboxylic acids is 2. The molecule has 1 aliphatic heterocycles. The third kappa shape index (κ3) is 4.21. The molecule has 28 heavy (non-hydrogen) atoms. The number of carbonyl (C=O) groups is 2. The fourth-order valence-corrected chi connectivity index (χ4v) is 3.61. The molecule has 4 nitrogen and oxygen atoms in total. The van der Waals surface area contributed by atoms with Crippen LogP contribution in [0, 0.1) is 17.6 Å². The summed E-state index contributed by atoms with van der Waals surface area (Å²) in [5.74, 6) is -2.39. The molecule has 2 amide bonds. The van der Waals surface area contributed by atoms with Gasteiger partial charge in [-0.05, 0) is 29.7 Å². The van der Waals surface area contributed by atoms with Crippen LogP contribution in [0.1, 0.15) is 35.7 Å². The van der Waals surface area contributed by atoms with E-state index < -0.39 is 11.6 Å². The zero-order chi connectivity index (χ0) is 20.3. The minimum Gasteiger partial charge on any atom is -0.339 e. The molecule has 0 saturated carbocycles. The van der Waals surface area contributed by atoms with E-state index in [1.165, 1.54) is 6.07 Å². The van der Waals surface area contributed by atoms with Crippen molar-refractivity contribution < 1.29 is 18.4 Å². The summed E-state index contributed by atoms with van der Waals surface area (Å²) in [6, 6.07) is 12.9. The number of benzene rings is 2. The normalized spacial score (nSPS) is 15.6. The summed E-state index contributed by atoms with van der Waals surface area (Å²) < 4.78 is 26.5. The molecule has 1 atom stereocenters. The second kappa shape index (κ2) is 8.50. The fraction of sp³-hybridized carbons (Fsp3) is 0.364. The lowest BCUT2D eigenvalue weighted by Gasteiger charge is -2.37. The molecule has 0 aromatic heterocycles. The molecule has 0 bridgehead atoms. The van der Waals surface area contributed by atoms with Crippen molar-refractivity contribution >= 4 is 11.8 Å². The molecular formula is C22H24F2N2O2. The maximum absolute atomic E-state index is 13.4. The van der Waals surface area contributed by atoms with Crippen LogP contribution in [0.3, 0.4) is 0 Å². The largest absolute Gasteiger partial charge is 0.339 e. The van der Waals surface area contributed by atoms with Gasteiger partial charge >= 0.3 is 0 Å². The molecule has 0 spiro atoms. The van der Waals surface area contributed by atoms with Crippen LogP contribution in [0.4, 0.5) is 8.78 Å². The van der Waals surface area contributed by atoms with E-state index in [9.17, 15) is 18.4 Å². The fourth-order valence-electron chi connectivity index (χ4n) is 3.61. The molecule has 0 N–H and O–H groups in total. The Bertz CT molecular complexity index is 847. The second-order valence-electron chi connectivity index (χ2n) is 7.38. The van der Waals surface area contributed by atoms with E-state index in [2.05, 4.69) is 0 Å². The highest BCUT2D eigenvalue weighted by atomic mass is 19.2. The van der Waals surface area contributed by atoms with Gasteiger partial charge in [-0.25, -0.2) is 8.78 Å². The summed E-state index contributed by atoms with van der Waals surface area (Å²) in [7, 11) is 0. The molecule has 2 aromatic carbocycles. The van der Waals surface area contributed by atoms with Gasteiger partial charge in [0, 0.05) is 31.7 Å². The molecule has 1 unspecified atom stereocenters. The molecule has 1 aliphatic rings. The first kappa shape index (κ1) is 20.0. The Morgan fingerprint density at radius 2 is 1.46 bits per heavy atom. The lowest BCUT2D eigenvalue weighted by Crippen LogP contribution is -2.52. The SMILES string of the molecule is CC(C)C(C(=O)N1CCN(C(=O)c2ccc(F)c(F)c2)CC1)c1ccccc1. The Hall–Kier alpha value is -2.76. The minimum absolute atomic E-state index is 0.0566. The Kier molecular flexibility index (Phi) is 6.07. The smallest absolute Gasteiger partial charge is 0.254 e. The van der Waals surface area contributed by atoms with E-state index in [1.54, 1.807) is 9.80 Å². The number of rotatable bonds is 4. The number of hydrogen-bond donors (Lipinski definition) is 0. The van der Waals surface area contributed by atoms with Gasteiger partial charge in [-0.2, -0.15) is 0 Å². The molecule has 6 heteroatoms. The zero-order valence-electron chi connectivity index (χ0n) is 16.1. The van der Waals surface area contributed by atoms with Crippen molar-refractivity contribution in [2.75, 3.05) is 26.2 Å². The minimum atomic E-state index is -1.04. The number of hydrogen-bond acceptors (Lipinski definition) is 2. The van der Waals surface area contributed by atoms with Gasteiger partial charge < -0.3 is 9.80 Å². The Balaban J connectivity index is 1.66. The summed E-state index contributed by atoms with van der Waals surface area (Å²) in [5, 5.41) is 0. The van der Waals surface area contributed by atoms with Gasteiger partial charge in [0.05, 0.1) is 5.92 Å². The maximum atomic E-state index is 13.4. The summed E-state index contributed by atoms with van der Waals surface area (Å²) in [6.07, 6.45) is 0. The highest BCUT2D eigenvalue weighted by molar-refractivity contribution is 5.94. The number of nitrogens with zero attached hydrogens (tertiary/aromatic N) is 2. The van der Waals surface area contributed by atoms with Crippen LogP contribution in [0.2, 0.25) is 0 Å². The first-order chi connectivity index (χ1) is 13.4. The summed E-state index contributed by atoms with van der Waals surface area (Å²) >= 11 is 0. The monoisotopic (exact) mass is 386 g/mol. The van der Waals surface area contributed by atoms with E-state index >= 15 is 0 Å². The predicted octanol–water partition coefficient (Wildman–Crippen LogP) is 3.69. The third-order valence-corrected chi connectivity index (χ3v) is 5.14. The number of halogens is 2. The average molecular weight is 386 g/mol. The molecule has 148 valence electrons. The van der Waals surface area contributed by atoms with Crippen molar-refractivity contribution in [3.05, 3.63) is 71.3 Å². The van der Waals surface area contributed by atoms with Crippen LogP contribution in [0.15, 0.2) is 48.5 Å². The number of amides is 2. The van der Waals surface area contributed by atoms with Gasteiger partial charge in [0.1, 0.15) is 0 Å². The molecule has 0 aliphatic carbocycles. The molecule has 2 aromatic rings. The Morgan fingerprint density at radius 1 is 0.857 bits per heavy atom. The van der Waals surface area contributed by atoms with Crippen molar-refractivity contribution in [2.24, 2.45) is 5.92 Å². The predicted molar refractivity (Wildman–Crippen MR) is 103 cm³/mol. The van der Waals surface area contributed by atoms with Gasteiger partial charge in [-0.15, -0.1) is 0 Å². The molecule has 3 rings (SSSR count). The van der Waals surface area contributed by atoms with E-state index in [4.69, 9.17) is 0 Å². The molecular weight excluding hydrogens is 362 g/mol. The molecule has 1 heterocycles. The van der Waals surface area contributed by atoms with E-state index in [0.29, 0.717) is 26.2 Å². The van der Waals surface area contributed by atoms with Crippen LogP contribution in [0.5, 0.6) is 0 Å². The van der Waals surface area contributed by atoms with Gasteiger partial charge in [-0.3, -0.25) is 9.59 Å². The standard InChI is InChI=1S/C22H24F2N2O2/c1-15(2)20(16-6-4-3-5-7-16)22(28)26-12-10-25(11-13-26)21(27)17-8-9-18(23)19(24)14-17/h3-9,14-15,20H,10-13H2,1-2H3. The molecule has 1 fully saturated rings. The topological polar surface area (TPSA) is 40.6 Å². The number of piperazine rings is 1. The van der Waals surface area contributed by atoms with Crippen LogP contribution in [0.25, 0.3) is 0 Å². The summed E-state index contributed by atoms with van der Waals surface area (Å²) in [5.41, 5.74) is 1.10. The van der Waals surface area contributed by atoms with Crippen LogP contribution < -0.4 is 0 Å². The summed E-state index contributed by atoms with van der Waals surface area (Å²) in [4.78, 5) is 29.0. The lowest BCUT2D eigenvalue weighted by atomic mass is 9.87. The second-order valence-corrected chi connectivity index (χ2v) is 7.38. The van der Waals surface area contributed by atoms with Crippen molar-refractivity contribution in [2.45, 2.75) is 19.8 Å². The average Bonchev–Trinajstić information content (AvgIpc) is 2.70. The first-order valence-corrected chi connectivity index (χ1v) is 9.46. The first-order valence-electron chi connectivity index (χ1n) is 9.46. The van der Waals surface area contributed by atoms with E-state index in [0.717, 1.165) is 17.7 Å². The van der Waals surface area contributed by atoms with Crippen molar-refractivity contribution in [1.82, 2.24) is 9.80 Å². The van der Waals surface area contributed by atoms with Crippen molar-refractivity contribution in [1.29, 1.82) is 0 Å².